The summed E-state index contributed by atoms with van der Waals surface area (Å²) in [5, 5.41) is 4.19. The lowest BCUT2D eigenvalue weighted by Crippen LogP contribution is -2.23. The zero-order chi connectivity index (χ0) is 18.8. The number of benzene rings is 2. The van der Waals surface area contributed by atoms with Crippen molar-refractivity contribution in [3.63, 3.8) is 0 Å². The Kier molecular flexibility index (Phi) is 4.60. The SMILES string of the molecule is CCc1ccc(-n2c(Nc3ccccc3)nc3ccc(Cl)cc3c2=O)cn1. The maximum atomic E-state index is 13.2. The van der Waals surface area contributed by atoms with Crippen molar-refractivity contribution >= 4 is 34.1 Å². The normalized spacial score (nSPS) is 10.9. The van der Waals surface area contributed by atoms with Crippen molar-refractivity contribution in [1.29, 1.82) is 0 Å². The molecule has 5 nitrogen and oxygen atoms in total. The molecule has 0 unspecified atom stereocenters. The first-order chi connectivity index (χ1) is 13.2. The van der Waals surface area contributed by atoms with Crippen LogP contribution >= 0.6 is 11.6 Å². The van der Waals surface area contributed by atoms with Gasteiger partial charge >= 0.3 is 0 Å². The van der Waals surface area contributed by atoms with Gasteiger partial charge in [-0.15, -0.1) is 0 Å². The molecule has 0 fully saturated rings. The van der Waals surface area contributed by atoms with Crippen molar-refractivity contribution in [3.05, 3.63) is 87.9 Å². The molecule has 2 aromatic carbocycles. The molecule has 0 amide bonds. The Hall–Kier alpha value is -3.18. The number of nitrogens with zero attached hydrogens (tertiary/aromatic N) is 3. The highest BCUT2D eigenvalue weighted by Gasteiger charge is 2.14. The summed E-state index contributed by atoms with van der Waals surface area (Å²) in [5.74, 6) is 0.423. The molecule has 0 aliphatic heterocycles. The summed E-state index contributed by atoms with van der Waals surface area (Å²) >= 11 is 6.09. The fourth-order valence-electron chi connectivity index (χ4n) is 2.89. The second-order valence-electron chi connectivity index (χ2n) is 6.09. The lowest BCUT2D eigenvalue weighted by atomic mass is 10.2. The first-order valence-corrected chi connectivity index (χ1v) is 9.03. The van der Waals surface area contributed by atoms with E-state index in [2.05, 4.69) is 15.3 Å². The third kappa shape index (κ3) is 3.41. The lowest BCUT2D eigenvalue weighted by molar-refractivity contribution is 0.947. The molecule has 2 heterocycles. The van der Waals surface area contributed by atoms with Crippen molar-refractivity contribution in [3.8, 4) is 5.69 Å². The molecular weight excluding hydrogens is 360 g/mol. The summed E-state index contributed by atoms with van der Waals surface area (Å²) in [6, 6.07) is 18.5. The first kappa shape index (κ1) is 17.2. The van der Waals surface area contributed by atoms with Gasteiger partial charge in [-0.1, -0.05) is 36.7 Å². The number of fused-ring (bicyclic) bond motifs is 1. The Bertz CT molecular complexity index is 1150. The van der Waals surface area contributed by atoms with E-state index in [1.165, 1.54) is 4.57 Å². The molecule has 1 N–H and O–H groups in total. The van der Waals surface area contributed by atoms with Crippen LogP contribution in [0.15, 0.2) is 71.7 Å². The summed E-state index contributed by atoms with van der Waals surface area (Å²) in [5.41, 5.74) is 2.82. The number of pyridine rings is 1. The molecule has 4 rings (SSSR count). The summed E-state index contributed by atoms with van der Waals surface area (Å²) < 4.78 is 1.53. The van der Waals surface area contributed by atoms with Crippen molar-refractivity contribution in [2.45, 2.75) is 13.3 Å². The number of hydrogen-bond donors (Lipinski definition) is 1. The van der Waals surface area contributed by atoms with Crippen LogP contribution in [0.5, 0.6) is 0 Å². The zero-order valence-corrected chi connectivity index (χ0v) is 15.4. The van der Waals surface area contributed by atoms with Gasteiger partial charge in [0.05, 0.1) is 22.8 Å². The number of aryl methyl sites for hydroxylation is 1. The quantitative estimate of drug-likeness (QED) is 0.558. The molecule has 0 bridgehead atoms. The van der Waals surface area contributed by atoms with Crippen LogP contribution in [0.4, 0.5) is 11.6 Å². The molecule has 0 radical (unpaired) electrons. The summed E-state index contributed by atoms with van der Waals surface area (Å²) in [7, 11) is 0. The van der Waals surface area contributed by atoms with E-state index in [1.54, 1.807) is 24.4 Å². The van der Waals surface area contributed by atoms with Crippen LogP contribution in [0.3, 0.4) is 0 Å². The van der Waals surface area contributed by atoms with Gasteiger partial charge in [-0.25, -0.2) is 9.55 Å². The predicted octanol–water partition coefficient (Wildman–Crippen LogP) is 4.74. The molecule has 0 saturated carbocycles. The number of hydrogen-bond acceptors (Lipinski definition) is 4. The molecule has 0 spiro atoms. The predicted molar refractivity (Wildman–Crippen MR) is 109 cm³/mol. The van der Waals surface area contributed by atoms with Crippen LogP contribution < -0.4 is 10.9 Å². The van der Waals surface area contributed by atoms with E-state index < -0.39 is 0 Å². The van der Waals surface area contributed by atoms with Gasteiger partial charge in [0, 0.05) is 16.4 Å². The van der Waals surface area contributed by atoms with E-state index in [0.717, 1.165) is 17.8 Å². The number of nitrogens with one attached hydrogen (secondary N) is 1. The maximum absolute atomic E-state index is 13.2. The second kappa shape index (κ2) is 7.21. The van der Waals surface area contributed by atoms with Gasteiger partial charge in [-0.3, -0.25) is 9.78 Å². The minimum absolute atomic E-state index is 0.202. The Labute approximate surface area is 161 Å². The lowest BCUT2D eigenvalue weighted by Gasteiger charge is -2.15. The third-order valence-electron chi connectivity index (χ3n) is 4.29. The molecule has 4 aromatic rings. The number of rotatable bonds is 4. The molecule has 0 aliphatic carbocycles. The standard InChI is InChI=1S/C21H17ClN4O/c1-2-15-9-10-17(13-23-15)26-20(27)18-12-14(22)8-11-19(18)25-21(26)24-16-6-4-3-5-7-16/h3-13H,2H2,1H3,(H,24,25). The molecule has 6 heteroatoms. The summed E-state index contributed by atoms with van der Waals surface area (Å²) in [6.07, 6.45) is 2.52. The van der Waals surface area contributed by atoms with E-state index in [9.17, 15) is 4.79 Å². The van der Waals surface area contributed by atoms with Gasteiger partial charge in [0.2, 0.25) is 5.95 Å². The van der Waals surface area contributed by atoms with Crippen LogP contribution in [-0.4, -0.2) is 14.5 Å². The average molecular weight is 377 g/mol. The van der Waals surface area contributed by atoms with E-state index in [-0.39, 0.29) is 5.56 Å². The molecule has 27 heavy (non-hydrogen) atoms. The molecule has 0 saturated heterocycles. The van der Waals surface area contributed by atoms with Gasteiger partial charge in [-0.05, 0) is 48.9 Å². The number of anilines is 2. The van der Waals surface area contributed by atoms with Gasteiger partial charge in [0.1, 0.15) is 0 Å². The Balaban J connectivity index is 1.95. The van der Waals surface area contributed by atoms with Crippen LogP contribution in [0.1, 0.15) is 12.6 Å². The molecule has 134 valence electrons. The largest absolute Gasteiger partial charge is 0.325 e. The minimum atomic E-state index is -0.202. The van der Waals surface area contributed by atoms with E-state index >= 15 is 0 Å². The van der Waals surface area contributed by atoms with Crippen molar-refractivity contribution in [1.82, 2.24) is 14.5 Å². The van der Waals surface area contributed by atoms with Gasteiger partial charge in [0.15, 0.2) is 0 Å². The molecule has 2 aromatic heterocycles. The van der Waals surface area contributed by atoms with Crippen LogP contribution in [0, 0.1) is 0 Å². The van der Waals surface area contributed by atoms with Gasteiger partial charge in [-0.2, -0.15) is 0 Å². The second-order valence-corrected chi connectivity index (χ2v) is 6.53. The Morgan fingerprint density at radius 3 is 2.59 bits per heavy atom. The maximum Gasteiger partial charge on any atom is 0.267 e. The topological polar surface area (TPSA) is 59.8 Å². The fraction of sp³-hybridized carbons (Fsp3) is 0.0952. The fourth-order valence-corrected chi connectivity index (χ4v) is 3.06. The van der Waals surface area contributed by atoms with Gasteiger partial charge < -0.3 is 5.32 Å². The first-order valence-electron chi connectivity index (χ1n) is 8.65. The molecular formula is C21H17ClN4O. The third-order valence-corrected chi connectivity index (χ3v) is 4.52. The molecule has 0 aliphatic rings. The average Bonchev–Trinajstić information content (AvgIpc) is 2.70. The van der Waals surface area contributed by atoms with Crippen molar-refractivity contribution in [2.24, 2.45) is 0 Å². The van der Waals surface area contributed by atoms with Crippen LogP contribution in [0.25, 0.3) is 16.6 Å². The van der Waals surface area contributed by atoms with Crippen molar-refractivity contribution in [2.75, 3.05) is 5.32 Å². The highest BCUT2D eigenvalue weighted by Crippen LogP contribution is 2.21. The Morgan fingerprint density at radius 1 is 1.07 bits per heavy atom. The molecule has 0 atom stereocenters. The van der Waals surface area contributed by atoms with E-state index in [1.807, 2.05) is 49.4 Å². The number of para-hydroxylation sites is 1. The monoisotopic (exact) mass is 376 g/mol. The van der Waals surface area contributed by atoms with E-state index in [0.29, 0.717) is 27.6 Å². The minimum Gasteiger partial charge on any atom is -0.325 e. The zero-order valence-electron chi connectivity index (χ0n) is 14.7. The highest BCUT2D eigenvalue weighted by molar-refractivity contribution is 6.31. The Morgan fingerprint density at radius 2 is 1.89 bits per heavy atom. The van der Waals surface area contributed by atoms with Gasteiger partial charge in [0.25, 0.3) is 5.56 Å². The van der Waals surface area contributed by atoms with E-state index in [4.69, 9.17) is 11.6 Å². The number of aromatic nitrogens is 3. The van der Waals surface area contributed by atoms with Crippen molar-refractivity contribution < 1.29 is 0 Å². The summed E-state index contributed by atoms with van der Waals surface area (Å²) in [4.78, 5) is 22.3. The summed E-state index contributed by atoms with van der Waals surface area (Å²) in [6.45, 7) is 2.04. The van der Waals surface area contributed by atoms with Crippen LogP contribution in [0.2, 0.25) is 5.02 Å². The smallest absolute Gasteiger partial charge is 0.267 e. The highest BCUT2D eigenvalue weighted by atomic mass is 35.5. The van der Waals surface area contributed by atoms with Crippen LogP contribution in [-0.2, 0) is 6.42 Å². The number of halogens is 1.